The van der Waals surface area contributed by atoms with Crippen molar-refractivity contribution in [1.82, 2.24) is 9.97 Å². The first-order valence-electron chi connectivity index (χ1n) is 7.44. The van der Waals surface area contributed by atoms with Crippen LogP contribution in [0, 0.1) is 11.3 Å². The fourth-order valence-corrected chi connectivity index (χ4v) is 3.31. The molecule has 1 aromatic heterocycles. The van der Waals surface area contributed by atoms with Gasteiger partial charge >= 0.3 is 5.97 Å². The van der Waals surface area contributed by atoms with Gasteiger partial charge in [-0.2, -0.15) is 0 Å². The zero-order valence-electron chi connectivity index (χ0n) is 13.2. The van der Waals surface area contributed by atoms with Crippen molar-refractivity contribution in [1.29, 1.82) is 0 Å². The van der Waals surface area contributed by atoms with Crippen LogP contribution in [-0.2, 0) is 4.79 Å². The number of halogens is 2. The Hall–Kier alpha value is -2.04. The van der Waals surface area contributed by atoms with Crippen molar-refractivity contribution >= 4 is 45.8 Å². The molecule has 0 saturated heterocycles. The number of carboxylic acid groups (broad SMARTS) is 1. The zero-order chi connectivity index (χ0) is 17.5. The van der Waals surface area contributed by atoms with Gasteiger partial charge in [0.25, 0.3) is 0 Å². The summed E-state index contributed by atoms with van der Waals surface area (Å²) in [6.45, 7) is 3.72. The highest BCUT2D eigenvalue weighted by atomic mass is 35.5. The maximum absolute atomic E-state index is 11.6. The van der Waals surface area contributed by atoms with E-state index in [-0.39, 0.29) is 4.49 Å². The van der Waals surface area contributed by atoms with Gasteiger partial charge in [-0.15, -0.1) is 0 Å². The van der Waals surface area contributed by atoms with Crippen LogP contribution in [0.25, 0.3) is 16.6 Å². The molecule has 1 atom stereocenters. The van der Waals surface area contributed by atoms with E-state index in [1.807, 2.05) is 38.1 Å². The number of rotatable bonds is 3. The van der Waals surface area contributed by atoms with Gasteiger partial charge < -0.3 is 10.1 Å². The third kappa shape index (κ3) is 2.87. The molecule has 1 aromatic carbocycles. The molecule has 1 aliphatic carbocycles. The highest BCUT2D eigenvalue weighted by Gasteiger charge is 2.40. The molecule has 0 amide bonds. The Balaban J connectivity index is 2.23. The number of fused-ring (bicyclic) bond motifs is 1. The van der Waals surface area contributed by atoms with Gasteiger partial charge in [0, 0.05) is 11.0 Å². The minimum atomic E-state index is -0.892. The van der Waals surface area contributed by atoms with Gasteiger partial charge in [0.15, 0.2) is 0 Å². The number of carboxylic acids is 1. The number of hydrogen-bond acceptors (Lipinski definition) is 2. The molecule has 0 radical (unpaired) electrons. The van der Waals surface area contributed by atoms with Crippen LogP contribution in [0.1, 0.15) is 19.7 Å². The lowest BCUT2D eigenvalue weighted by Gasteiger charge is -2.35. The van der Waals surface area contributed by atoms with Gasteiger partial charge in [0.2, 0.25) is 0 Å². The van der Waals surface area contributed by atoms with Crippen molar-refractivity contribution in [2.45, 2.75) is 13.8 Å². The molecule has 0 saturated carbocycles. The molecule has 24 heavy (non-hydrogen) atoms. The molecule has 2 aromatic rings. The summed E-state index contributed by atoms with van der Waals surface area (Å²) in [6, 6.07) is 7.70. The molecule has 0 bridgehead atoms. The molecule has 1 unspecified atom stereocenters. The van der Waals surface area contributed by atoms with Gasteiger partial charge in [0.1, 0.15) is 10.3 Å². The summed E-state index contributed by atoms with van der Waals surface area (Å²) in [6.07, 6.45) is 5.06. The number of H-pyrrole nitrogens is 1. The van der Waals surface area contributed by atoms with E-state index in [1.54, 1.807) is 18.2 Å². The highest BCUT2D eigenvalue weighted by molar-refractivity contribution is 6.56. The van der Waals surface area contributed by atoms with Gasteiger partial charge in [-0.1, -0.05) is 61.3 Å². The second-order valence-electron chi connectivity index (χ2n) is 6.26. The molecular formula is C18H16Cl2N2O2. The van der Waals surface area contributed by atoms with Crippen molar-refractivity contribution < 1.29 is 9.90 Å². The van der Waals surface area contributed by atoms with Gasteiger partial charge in [-0.25, -0.2) is 4.98 Å². The van der Waals surface area contributed by atoms with Crippen molar-refractivity contribution in [3.63, 3.8) is 0 Å². The molecule has 3 rings (SSSR count). The Labute approximate surface area is 149 Å². The summed E-state index contributed by atoms with van der Waals surface area (Å²) >= 11 is 11.8. The Morgan fingerprint density at radius 3 is 2.67 bits per heavy atom. The molecule has 1 aliphatic rings. The van der Waals surface area contributed by atoms with Crippen LogP contribution in [0.4, 0.5) is 0 Å². The van der Waals surface area contributed by atoms with E-state index in [0.29, 0.717) is 5.82 Å². The van der Waals surface area contributed by atoms with E-state index in [1.165, 1.54) is 0 Å². The Bertz CT molecular complexity index is 870. The second kappa shape index (κ2) is 6.11. The second-order valence-corrected chi connectivity index (χ2v) is 7.27. The number of aliphatic carboxylic acids is 1. The third-order valence-corrected chi connectivity index (χ3v) is 4.60. The van der Waals surface area contributed by atoms with E-state index in [4.69, 9.17) is 23.2 Å². The molecule has 2 N–H and O–H groups in total. The number of hydrogen-bond donors (Lipinski definition) is 2. The number of allylic oxidation sites excluding steroid dienone is 4. The largest absolute Gasteiger partial charge is 0.481 e. The highest BCUT2D eigenvalue weighted by Crippen LogP contribution is 2.45. The Kier molecular flexibility index (Phi) is 4.28. The maximum atomic E-state index is 11.6. The molecule has 0 fully saturated rings. The van der Waals surface area contributed by atoms with Gasteiger partial charge in [-0.05, 0) is 23.8 Å². The smallest absolute Gasteiger partial charge is 0.311 e. The monoisotopic (exact) mass is 362 g/mol. The fraction of sp³-hybridized carbons (Fsp3) is 0.222. The van der Waals surface area contributed by atoms with E-state index in [9.17, 15) is 9.90 Å². The number of nitrogens with one attached hydrogen (secondary N) is 1. The maximum Gasteiger partial charge on any atom is 0.311 e. The normalized spacial score (nSPS) is 19.6. The lowest BCUT2D eigenvalue weighted by Crippen LogP contribution is -2.33. The first kappa shape index (κ1) is 16.8. The minimum absolute atomic E-state index is 0.0751. The number of aromatic nitrogens is 2. The molecule has 1 heterocycles. The Morgan fingerprint density at radius 2 is 2.04 bits per heavy atom. The number of imidazole rings is 1. The van der Waals surface area contributed by atoms with Crippen LogP contribution < -0.4 is 0 Å². The number of para-hydroxylation sites is 2. The molecule has 0 aliphatic heterocycles. The first-order valence-corrected chi connectivity index (χ1v) is 8.20. The van der Waals surface area contributed by atoms with Crippen LogP contribution in [0.2, 0.25) is 0 Å². The zero-order valence-corrected chi connectivity index (χ0v) is 14.7. The quantitative estimate of drug-likeness (QED) is 0.812. The van der Waals surface area contributed by atoms with Crippen molar-refractivity contribution in [3.8, 4) is 0 Å². The first-order chi connectivity index (χ1) is 11.3. The van der Waals surface area contributed by atoms with Crippen molar-refractivity contribution in [2.75, 3.05) is 0 Å². The van der Waals surface area contributed by atoms with Crippen LogP contribution in [0.3, 0.4) is 0 Å². The lowest BCUT2D eigenvalue weighted by atomic mass is 9.68. The van der Waals surface area contributed by atoms with Crippen LogP contribution in [0.5, 0.6) is 0 Å². The number of nitrogens with zero attached hydrogens (tertiary/aromatic N) is 1. The summed E-state index contributed by atoms with van der Waals surface area (Å²) in [5.74, 6) is -0.911. The summed E-state index contributed by atoms with van der Waals surface area (Å²) in [5, 5.41) is 9.51. The summed E-state index contributed by atoms with van der Waals surface area (Å²) in [4.78, 5) is 19.5. The van der Waals surface area contributed by atoms with E-state index < -0.39 is 17.3 Å². The van der Waals surface area contributed by atoms with Crippen molar-refractivity contribution in [2.24, 2.45) is 11.3 Å². The predicted molar refractivity (Wildman–Crippen MR) is 96.8 cm³/mol. The number of aromatic amines is 1. The SMILES string of the molecule is CC1(C)C(C=C(Cl)Cl)=C(c2nc3ccccc3[nH]2)C=CC1C(=O)O. The van der Waals surface area contributed by atoms with E-state index in [0.717, 1.165) is 22.2 Å². The molecule has 6 heteroatoms. The van der Waals surface area contributed by atoms with Gasteiger partial charge in [0.05, 0.1) is 17.0 Å². The topological polar surface area (TPSA) is 66.0 Å². The average molecular weight is 363 g/mol. The number of benzene rings is 1. The minimum Gasteiger partial charge on any atom is -0.481 e. The summed E-state index contributed by atoms with van der Waals surface area (Å²) in [5.41, 5.74) is 2.58. The fourth-order valence-electron chi connectivity index (χ4n) is 3.09. The lowest BCUT2D eigenvalue weighted by molar-refractivity contribution is -0.142. The molecule has 124 valence electrons. The van der Waals surface area contributed by atoms with Gasteiger partial charge in [-0.3, -0.25) is 4.79 Å². The summed E-state index contributed by atoms with van der Waals surface area (Å²) in [7, 11) is 0. The van der Waals surface area contributed by atoms with E-state index in [2.05, 4.69) is 9.97 Å². The van der Waals surface area contributed by atoms with E-state index >= 15 is 0 Å². The third-order valence-electron chi connectivity index (χ3n) is 4.38. The molecular weight excluding hydrogens is 347 g/mol. The molecule has 4 nitrogen and oxygen atoms in total. The Morgan fingerprint density at radius 1 is 1.33 bits per heavy atom. The van der Waals surface area contributed by atoms with Crippen molar-refractivity contribution in [3.05, 3.63) is 58.4 Å². The average Bonchev–Trinajstić information content (AvgIpc) is 2.91. The standard InChI is InChI=1S/C18H16Cl2N2O2/c1-18(2)11(17(23)24)8-7-10(12(18)9-15(19)20)16-21-13-5-3-4-6-14(13)22-16/h3-9,11H,1-2H3,(H,21,22)(H,23,24). The molecule has 0 spiro atoms. The van der Waals surface area contributed by atoms with Crippen LogP contribution in [-0.4, -0.2) is 21.0 Å². The van der Waals surface area contributed by atoms with Crippen LogP contribution in [0.15, 0.2) is 52.6 Å². The predicted octanol–water partition coefficient (Wildman–Crippen LogP) is 4.93. The summed E-state index contributed by atoms with van der Waals surface area (Å²) < 4.78 is 0.0751. The number of carbonyl (C=O) groups is 1. The van der Waals surface area contributed by atoms with Crippen LogP contribution >= 0.6 is 23.2 Å².